The quantitative estimate of drug-likeness (QED) is 0.0288. The molecule has 10 heteroatoms. The SMILES string of the molecule is CC/C=C\C/C=C\C/C=C\C/C=C\C/C=C\CCCC(=O)OC(COC(=O)CCCCCCC/C=C\C/C=C\C/C=C\CC)COC1OC(CO)C(O)C(O)C1O. The summed E-state index contributed by atoms with van der Waals surface area (Å²) in [7, 11) is 0. The van der Waals surface area contributed by atoms with Gasteiger partial charge in [-0.3, -0.25) is 9.59 Å². The molecular weight excluding hydrogens is 725 g/mol. The van der Waals surface area contributed by atoms with Crippen LogP contribution in [0.1, 0.15) is 129 Å². The Morgan fingerprint density at radius 1 is 0.544 bits per heavy atom. The first kappa shape index (κ1) is 51.6. The number of esters is 2. The summed E-state index contributed by atoms with van der Waals surface area (Å²) in [4.78, 5) is 25.3. The standard InChI is InChI=1S/C47H74O10/c1-3-5-7-9-11-13-15-17-19-20-22-24-26-28-30-32-34-36-43(50)56-40(39-55-47-46(53)45(52)44(51)41(37-48)57-47)38-54-42(49)35-33-31-29-27-25-23-21-18-16-14-12-10-8-6-4-2/h5-8,11-14,17-19,21-22,24,28,30,40-41,44-48,51-53H,3-4,9-10,15-16,20,23,25-27,29,31-39H2,1-2H3/b7-5-,8-6-,13-11-,14-12-,19-17-,21-18-,24-22-,30-28-. The van der Waals surface area contributed by atoms with Crippen molar-refractivity contribution >= 4 is 11.9 Å². The molecule has 0 saturated carbocycles. The van der Waals surface area contributed by atoms with E-state index in [-0.39, 0.29) is 26.1 Å². The van der Waals surface area contributed by atoms with E-state index in [1.54, 1.807) is 0 Å². The van der Waals surface area contributed by atoms with E-state index in [0.717, 1.165) is 83.5 Å². The Labute approximate surface area is 343 Å². The van der Waals surface area contributed by atoms with E-state index in [0.29, 0.717) is 19.3 Å². The third-order valence-corrected chi connectivity index (χ3v) is 8.96. The minimum Gasteiger partial charge on any atom is -0.462 e. The van der Waals surface area contributed by atoms with Crippen molar-refractivity contribution in [2.45, 2.75) is 166 Å². The maximum atomic E-state index is 12.7. The number of carbonyl (C=O) groups is 2. The molecule has 0 aromatic rings. The van der Waals surface area contributed by atoms with Gasteiger partial charge in [-0.25, -0.2) is 0 Å². The van der Waals surface area contributed by atoms with Crippen molar-refractivity contribution < 1.29 is 49.0 Å². The van der Waals surface area contributed by atoms with Crippen molar-refractivity contribution in [1.29, 1.82) is 0 Å². The Kier molecular flexibility index (Phi) is 33.5. The van der Waals surface area contributed by atoms with Crippen molar-refractivity contribution in [3.05, 3.63) is 97.2 Å². The number of rotatable bonds is 33. The van der Waals surface area contributed by atoms with Gasteiger partial charge in [0.25, 0.3) is 0 Å². The van der Waals surface area contributed by atoms with Gasteiger partial charge in [-0.05, 0) is 83.5 Å². The van der Waals surface area contributed by atoms with Crippen LogP contribution in [0.2, 0.25) is 0 Å². The zero-order valence-corrected chi connectivity index (χ0v) is 34.8. The summed E-state index contributed by atoms with van der Waals surface area (Å²) in [6.07, 6.45) is 41.3. The first-order chi connectivity index (χ1) is 27.8. The molecule has 1 aliphatic rings. The van der Waals surface area contributed by atoms with Crippen LogP contribution < -0.4 is 0 Å². The van der Waals surface area contributed by atoms with Gasteiger partial charge in [0.05, 0.1) is 13.2 Å². The number of unbranched alkanes of at least 4 members (excludes halogenated alkanes) is 6. The summed E-state index contributed by atoms with van der Waals surface area (Å²) in [5.74, 6) is -0.907. The van der Waals surface area contributed by atoms with Crippen LogP contribution in [0.3, 0.4) is 0 Å². The highest BCUT2D eigenvalue weighted by molar-refractivity contribution is 5.70. The van der Waals surface area contributed by atoms with Crippen molar-refractivity contribution in [1.82, 2.24) is 0 Å². The molecule has 0 spiro atoms. The summed E-state index contributed by atoms with van der Waals surface area (Å²) >= 11 is 0. The van der Waals surface area contributed by atoms with Gasteiger partial charge in [0.1, 0.15) is 31.0 Å². The highest BCUT2D eigenvalue weighted by Crippen LogP contribution is 2.22. The van der Waals surface area contributed by atoms with Gasteiger partial charge in [-0.15, -0.1) is 0 Å². The van der Waals surface area contributed by atoms with Crippen molar-refractivity contribution in [2.24, 2.45) is 0 Å². The lowest BCUT2D eigenvalue weighted by molar-refractivity contribution is -0.305. The molecular formula is C47H74O10. The average molecular weight is 799 g/mol. The van der Waals surface area contributed by atoms with Gasteiger partial charge in [0.2, 0.25) is 0 Å². The van der Waals surface area contributed by atoms with Gasteiger partial charge in [0.15, 0.2) is 12.4 Å². The van der Waals surface area contributed by atoms with E-state index < -0.39 is 55.4 Å². The molecule has 0 aliphatic carbocycles. The number of ether oxygens (including phenoxy) is 4. The number of carbonyl (C=O) groups excluding carboxylic acids is 2. The molecule has 10 nitrogen and oxygen atoms in total. The molecule has 4 N–H and O–H groups in total. The fraction of sp³-hybridized carbons (Fsp3) is 0.617. The number of hydrogen-bond acceptors (Lipinski definition) is 10. The van der Waals surface area contributed by atoms with Gasteiger partial charge in [-0.1, -0.05) is 130 Å². The highest BCUT2D eigenvalue weighted by atomic mass is 16.7. The number of aliphatic hydroxyl groups is 4. The van der Waals surface area contributed by atoms with E-state index >= 15 is 0 Å². The molecule has 1 fully saturated rings. The molecule has 6 unspecified atom stereocenters. The fourth-order valence-corrected chi connectivity index (χ4v) is 5.65. The maximum absolute atomic E-state index is 12.7. The molecule has 1 heterocycles. The molecule has 6 atom stereocenters. The van der Waals surface area contributed by atoms with Gasteiger partial charge in [0, 0.05) is 12.8 Å². The Balaban J connectivity index is 2.42. The highest BCUT2D eigenvalue weighted by Gasteiger charge is 2.44. The van der Waals surface area contributed by atoms with Gasteiger partial charge >= 0.3 is 11.9 Å². The minimum atomic E-state index is -1.61. The lowest BCUT2D eigenvalue weighted by atomic mass is 9.99. The smallest absolute Gasteiger partial charge is 0.306 e. The second-order valence-electron chi connectivity index (χ2n) is 14.0. The summed E-state index contributed by atoms with van der Waals surface area (Å²) in [6, 6.07) is 0. The minimum absolute atomic E-state index is 0.141. The van der Waals surface area contributed by atoms with Crippen molar-refractivity contribution in [3.8, 4) is 0 Å². The third-order valence-electron chi connectivity index (χ3n) is 8.96. The Hall–Kier alpha value is -3.38. The molecule has 0 aromatic carbocycles. The van der Waals surface area contributed by atoms with E-state index in [1.807, 2.05) is 6.08 Å². The van der Waals surface area contributed by atoms with E-state index in [2.05, 4.69) is 105 Å². The number of aliphatic hydroxyl groups excluding tert-OH is 4. The van der Waals surface area contributed by atoms with Crippen LogP contribution in [0.5, 0.6) is 0 Å². The number of hydrogen-bond donors (Lipinski definition) is 4. The average Bonchev–Trinajstić information content (AvgIpc) is 3.21. The normalized spacial score (nSPS) is 21.3. The fourth-order valence-electron chi connectivity index (χ4n) is 5.65. The molecule has 1 rings (SSSR count). The Morgan fingerprint density at radius 3 is 1.53 bits per heavy atom. The Bertz CT molecular complexity index is 1240. The second-order valence-corrected chi connectivity index (χ2v) is 14.0. The largest absolute Gasteiger partial charge is 0.462 e. The van der Waals surface area contributed by atoms with Gasteiger partial charge in [-0.2, -0.15) is 0 Å². The topological polar surface area (TPSA) is 152 Å². The monoisotopic (exact) mass is 799 g/mol. The lowest BCUT2D eigenvalue weighted by Gasteiger charge is -2.39. The zero-order valence-electron chi connectivity index (χ0n) is 34.8. The molecule has 322 valence electrons. The first-order valence-electron chi connectivity index (χ1n) is 21.3. The van der Waals surface area contributed by atoms with Crippen LogP contribution in [-0.4, -0.2) is 89.0 Å². The Morgan fingerprint density at radius 2 is 1.00 bits per heavy atom. The summed E-state index contributed by atoms with van der Waals surface area (Å²) in [5, 5.41) is 40.0. The maximum Gasteiger partial charge on any atom is 0.306 e. The van der Waals surface area contributed by atoms with Gasteiger partial charge < -0.3 is 39.4 Å². The van der Waals surface area contributed by atoms with E-state index in [4.69, 9.17) is 18.9 Å². The predicted octanol–water partition coefficient (Wildman–Crippen LogP) is 8.77. The second kappa shape index (κ2) is 36.9. The molecule has 57 heavy (non-hydrogen) atoms. The third kappa shape index (κ3) is 28.6. The van der Waals surface area contributed by atoms with E-state index in [9.17, 15) is 30.0 Å². The van der Waals surface area contributed by atoms with Crippen molar-refractivity contribution in [2.75, 3.05) is 19.8 Å². The van der Waals surface area contributed by atoms with Crippen LogP contribution >= 0.6 is 0 Å². The lowest BCUT2D eigenvalue weighted by Crippen LogP contribution is -2.59. The number of allylic oxidation sites excluding steroid dienone is 16. The summed E-state index contributed by atoms with van der Waals surface area (Å²) < 4.78 is 22.0. The molecule has 0 radical (unpaired) electrons. The van der Waals surface area contributed by atoms with Crippen LogP contribution in [0.4, 0.5) is 0 Å². The molecule has 0 amide bonds. The molecule has 1 aliphatic heterocycles. The van der Waals surface area contributed by atoms with Crippen molar-refractivity contribution in [3.63, 3.8) is 0 Å². The molecule has 1 saturated heterocycles. The summed E-state index contributed by atoms with van der Waals surface area (Å²) in [5.41, 5.74) is 0. The first-order valence-corrected chi connectivity index (χ1v) is 21.3. The van der Waals surface area contributed by atoms with Crippen LogP contribution in [0.15, 0.2) is 97.2 Å². The summed E-state index contributed by atoms with van der Waals surface area (Å²) in [6.45, 7) is 3.09. The van der Waals surface area contributed by atoms with Crippen LogP contribution in [-0.2, 0) is 28.5 Å². The van der Waals surface area contributed by atoms with Crippen LogP contribution in [0.25, 0.3) is 0 Å². The zero-order chi connectivity index (χ0) is 41.6. The molecule has 0 bridgehead atoms. The predicted molar refractivity (Wildman–Crippen MR) is 228 cm³/mol. The van der Waals surface area contributed by atoms with Crippen LogP contribution in [0, 0.1) is 0 Å². The molecule has 0 aromatic heterocycles. The van der Waals surface area contributed by atoms with E-state index in [1.165, 1.54) is 0 Å².